The lowest BCUT2D eigenvalue weighted by molar-refractivity contribution is -0.127. The molecule has 5 rings (SSSR count). The predicted molar refractivity (Wildman–Crippen MR) is 111 cm³/mol. The highest BCUT2D eigenvalue weighted by atomic mass is 19.4. The van der Waals surface area contributed by atoms with Gasteiger partial charge in [0.2, 0.25) is 0 Å². The van der Waals surface area contributed by atoms with Crippen LogP contribution in [-0.2, 0) is 5.54 Å². The van der Waals surface area contributed by atoms with Crippen molar-refractivity contribution in [1.29, 1.82) is 0 Å². The lowest BCUT2D eigenvalue weighted by Gasteiger charge is -2.62. The Morgan fingerprint density at radius 3 is 2.44 bits per heavy atom. The first kappa shape index (κ1) is 22.5. The zero-order valence-corrected chi connectivity index (χ0v) is 18.0. The number of aromatic hydroxyl groups is 1. The van der Waals surface area contributed by atoms with Crippen LogP contribution in [0.4, 0.5) is 22.0 Å². The summed E-state index contributed by atoms with van der Waals surface area (Å²) < 4.78 is 70.9. The van der Waals surface area contributed by atoms with Crippen LogP contribution in [0, 0.1) is 29.9 Å². The van der Waals surface area contributed by atoms with Crippen molar-refractivity contribution in [2.75, 3.05) is 13.1 Å². The molecule has 5 nitrogen and oxygen atoms in total. The second kappa shape index (κ2) is 7.35. The molecule has 10 heteroatoms. The largest absolute Gasteiger partial charge is 0.508 e. The third kappa shape index (κ3) is 3.30. The van der Waals surface area contributed by atoms with E-state index in [2.05, 4.69) is 10.2 Å². The molecule has 0 bridgehead atoms. The van der Waals surface area contributed by atoms with E-state index >= 15 is 0 Å². The van der Waals surface area contributed by atoms with Crippen molar-refractivity contribution in [2.45, 2.75) is 31.5 Å². The minimum atomic E-state index is -4.75. The van der Waals surface area contributed by atoms with E-state index in [1.165, 1.54) is 17.0 Å². The molecule has 2 aliphatic heterocycles. The van der Waals surface area contributed by atoms with E-state index in [0.717, 1.165) is 24.3 Å². The van der Waals surface area contributed by atoms with Crippen molar-refractivity contribution in [3.8, 4) is 5.75 Å². The minimum Gasteiger partial charge on any atom is -0.508 e. The molecular formula is C24H20F5N3O2. The van der Waals surface area contributed by atoms with Crippen molar-refractivity contribution in [3.05, 3.63) is 76.5 Å². The summed E-state index contributed by atoms with van der Waals surface area (Å²) >= 11 is 0. The molecule has 1 spiro atoms. The van der Waals surface area contributed by atoms with Crippen molar-refractivity contribution in [1.82, 2.24) is 4.90 Å². The molecule has 2 aromatic rings. The second-order valence-electron chi connectivity index (χ2n) is 9.44. The number of nitrogens with zero attached hydrogens (tertiary/aromatic N) is 3. The van der Waals surface area contributed by atoms with Crippen LogP contribution < -0.4 is 0 Å². The number of benzene rings is 2. The summed E-state index contributed by atoms with van der Waals surface area (Å²) in [4.78, 5) is 14.0. The van der Waals surface area contributed by atoms with E-state index in [1.54, 1.807) is 6.92 Å². The topological polar surface area (TPSA) is 65.3 Å². The third-order valence-electron chi connectivity index (χ3n) is 7.12. The Morgan fingerprint density at radius 2 is 1.76 bits per heavy atom. The van der Waals surface area contributed by atoms with Gasteiger partial charge in [-0.15, -0.1) is 0 Å². The van der Waals surface area contributed by atoms with Crippen LogP contribution >= 0.6 is 0 Å². The van der Waals surface area contributed by atoms with Gasteiger partial charge in [-0.05, 0) is 49.9 Å². The Balaban J connectivity index is 1.40. The normalized spacial score (nSPS) is 23.6. The first-order valence-electron chi connectivity index (χ1n) is 10.7. The number of carbonyl (C=O) groups excluding carboxylic acids is 1. The number of phenols is 1. The standard InChI is InChI=1S/C24H20F5N3O2/c1-13-2-4-19(26)17(6-13)23(20(10-30-31-23)24(27,28)29)14-8-22(9-14)11-32(12-22)21(34)16-7-15(33)3-5-18(16)25/h2-7,10,14,33H,8-9,11-12H2,1H3. The zero-order valence-electron chi connectivity index (χ0n) is 18.0. The maximum atomic E-state index is 14.9. The summed E-state index contributed by atoms with van der Waals surface area (Å²) in [5.41, 5.74) is -3.26. The van der Waals surface area contributed by atoms with E-state index in [-0.39, 0.29) is 42.8 Å². The summed E-state index contributed by atoms with van der Waals surface area (Å²) in [5, 5.41) is 17.1. The highest BCUT2D eigenvalue weighted by Gasteiger charge is 2.65. The SMILES string of the molecule is Cc1ccc(F)c(C2(C3CC4(C3)CN(C(=O)c3cc(O)ccc3F)C4)N=NC=C2C(F)(F)F)c1. The molecule has 1 saturated carbocycles. The summed E-state index contributed by atoms with van der Waals surface area (Å²) in [7, 11) is 0. The lowest BCUT2D eigenvalue weighted by Crippen LogP contribution is -2.66. The summed E-state index contributed by atoms with van der Waals surface area (Å²) in [6.07, 6.45) is -3.54. The van der Waals surface area contributed by atoms with E-state index in [4.69, 9.17) is 0 Å². The zero-order chi connectivity index (χ0) is 24.5. The number of alkyl halides is 3. The van der Waals surface area contributed by atoms with Gasteiger partial charge in [-0.2, -0.15) is 23.4 Å². The number of aryl methyl sites for hydroxylation is 1. The Bertz CT molecular complexity index is 1240. The first-order valence-corrected chi connectivity index (χ1v) is 10.7. The van der Waals surface area contributed by atoms with E-state index in [9.17, 15) is 31.9 Å². The maximum Gasteiger partial charge on any atom is 0.416 e. The number of azo groups is 1. The van der Waals surface area contributed by atoms with Gasteiger partial charge >= 0.3 is 6.18 Å². The molecule has 1 unspecified atom stereocenters. The van der Waals surface area contributed by atoms with Gasteiger partial charge in [-0.1, -0.05) is 17.7 Å². The van der Waals surface area contributed by atoms with Crippen LogP contribution in [-0.4, -0.2) is 35.2 Å². The fourth-order valence-corrected chi connectivity index (χ4v) is 5.56. The van der Waals surface area contributed by atoms with Crippen LogP contribution in [0.3, 0.4) is 0 Å². The number of phenolic OH excluding ortho intramolecular Hbond substituents is 1. The molecule has 1 N–H and O–H groups in total. The molecular weight excluding hydrogens is 457 g/mol. The second-order valence-corrected chi connectivity index (χ2v) is 9.44. The van der Waals surface area contributed by atoms with Gasteiger partial charge in [0.05, 0.1) is 17.3 Å². The van der Waals surface area contributed by atoms with Gasteiger partial charge < -0.3 is 10.0 Å². The average molecular weight is 477 g/mol. The Kier molecular flexibility index (Phi) is 4.86. The number of rotatable bonds is 3. The van der Waals surface area contributed by atoms with Crippen LogP contribution in [0.2, 0.25) is 0 Å². The fraction of sp³-hybridized carbons (Fsp3) is 0.375. The van der Waals surface area contributed by atoms with Crippen molar-refractivity contribution in [3.63, 3.8) is 0 Å². The van der Waals surface area contributed by atoms with Crippen LogP contribution in [0.25, 0.3) is 0 Å². The molecule has 3 aliphatic rings. The van der Waals surface area contributed by atoms with Gasteiger partial charge in [-0.25, -0.2) is 8.78 Å². The monoisotopic (exact) mass is 477 g/mol. The smallest absolute Gasteiger partial charge is 0.416 e. The molecule has 0 radical (unpaired) electrons. The first-order chi connectivity index (χ1) is 15.9. The summed E-state index contributed by atoms with van der Waals surface area (Å²) in [6.45, 7) is 2.12. The molecule has 1 amide bonds. The third-order valence-corrected chi connectivity index (χ3v) is 7.12. The maximum absolute atomic E-state index is 14.9. The number of amides is 1. The molecule has 34 heavy (non-hydrogen) atoms. The van der Waals surface area contributed by atoms with E-state index in [0.29, 0.717) is 11.8 Å². The summed E-state index contributed by atoms with van der Waals surface area (Å²) in [5.74, 6) is -3.07. The van der Waals surface area contributed by atoms with Gasteiger partial charge in [0.25, 0.3) is 5.91 Å². The average Bonchev–Trinajstić information content (AvgIpc) is 3.15. The van der Waals surface area contributed by atoms with Crippen LogP contribution in [0.5, 0.6) is 5.75 Å². The minimum absolute atomic E-state index is 0.161. The van der Waals surface area contributed by atoms with Gasteiger partial charge in [0.1, 0.15) is 22.9 Å². The van der Waals surface area contributed by atoms with Gasteiger partial charge in [0, 0.05) is 24.1 Å². The number of halogens is 5. The highest BCUT2D eigenvalue weighted by molar-refractivity contribution is 5.95. The van der Waals surface area contributed by atoms with Gasteiger partial charge in [0.15, 0.2) is 0 Å². The summed E-state index contributed by atoms with van der Waals surface area (Å²) in [6, 6.07) is 7.16. The van der Waals surface area contributed by atoms with Crippen LogP contribution in [0.1, 0.15) is 34.3 Å². The quantitative estimate of drug-likeness (QED) is 0.582. The molecule has 2 heterocycles. The Hall–Kier alpha value is -3.30. The number of hydrogen-bond acceptors (Lipinski definition) is 4. The number of hydrogen-bond donors (Lipinski definition) is 1. The Morgan fingerprint density at radius 1 is 1.09 bits per heavy atom. The fourth-order valence-electron chi connectivity index (χ4n) is 5.56. The molecule has 2 fully saturated rings. The van der Waals surface area contributed by atoms with E-state index < -0.39 is 46.2 Å². The van der Waals surface area contributed by atoms with Crippen molar-refractivity contribution in [2.24, 2.45) is 21.6 Å². The van der Waals surface area contributed by atoms with Gasteiger partial charge in [-0.3, -0.25) is 4.79 Å². The number of carbonyl (C=O) groups is 1. The number of likely N-dealkylation sites (tertiary alicyclic amines) is 1. The lowest BCUT2D eigenvalue weighted by atomic mass is 9.50. The van der Waals surface area contributed by atoms with E-state index in [1.807, 2.05) is 0 Å². The molecule has 0 aromatic heterocycles. The molecule has 178 valence electrons. The van der Waals surface area contributed by atoms with Crippen molar-refractivity contribution >= 4 is 5.91 Å². The van der Waals surface area contributed by atoms with Crippen LogP contribution in [0.15, 0.2) is 58.4 Å². The predicted octanol–water partition coefficient (Wildman–Crippen LogP) is 5.64. The molecule has 1 saturated heterocycles. The Labute approximate surface area is 191 Å². The molecule has 1 aliphatic carbocycles. The molecule has 2 aromatic carbocycles. The highest BCUT2D eigenvalue weighted by Crippen LogP contribution is 2.63. The van der Waals surface area contributed by atoms with Crippen molar-refractivity contribution < 1.29 is 31.9 Å². The molecule has 1 atom stereocenters.